The molecule has 1 aliphatic rings. The van der Waals surface area contributed by atoms with Gasteiger partial charge >= 0.3 is 0 Å². The summed E-state index contributed by atoms with van der Waals surface area (Å²) >= 11 is 0. The maximum atomic E-state index is 10.4. The van der Waals surface area contributed by atoms with Crippen molar-refractivity contribution in [1.29, 1.82) is 0 Å². The number of β-amino-alcohol motifs (C(OH)–C–C–N with tert-alkyl or cyclic N) is 1. The predicted molar refractivity (Wildman–Crippen MR) is 85.5 cm³/mol. The molecule has 3 rings (SSSR count). The van der Waals surface area contributed by atoms with Crippen LogP contribution in [-0.4, -0.2) is 43.9 Å². The molecule has 0 radical (unpaired) electrons. The Hall–Kier alpha value is -1.72. The quantitative estimate of drug-likeness (QED) is 0.918. The Bertz CT molecular complexity index is 610. The van der Waals surface area contributed by atoms with E-state index in [1.54, 1.807) is 0 Å². The van der Waals surface area contributed by atoms with E-state index in [9.17, 15) is 5.11 Å². The number of aliphatic hydroxyl groups excluding tert-OH is 1. The number of aryl methyl sites for hydroxylation is 2. The fourth-order valence-corrected chi connectivity index (χ4v) is 3.28. The van der Waals surface area contributed by atoms with E-state index in [-0.39, 0.29) is 0 Å². The van der Waals surface area contributed by atoms with Crippen LogP contribution in [0, 0.1) is 13.8 Å². The van der Waals surface area contributed by atoms with Crippen molar-refractivity contribution >= 4 is 0 Å². The first-order valence-corrected chi connectivity index (χ1v) is 7.98. The molecule has 1 aliphatic heterocycles. The summed E-state index contributed by atoms with van der Waals surface area (Å²) in [4.78, 5) is 6.75. The van der Waals surface area contributed by atoms with Crippen molar-refractivity contribution in [3.8, 4) is 0 Å². The van der Waals surface area contributed by atoms with Crippen LogP contribution in [0.1, 0.15) is 36.2 Å². The van der Waals surface area contributed by atoms with Crippen LogP contribution in [0.2, 0.25) is 0 Å². The van der Waals surface area contributed by atoms with E-state index in [0.29, 0.717) is 12.6 Å². The van der Waals surface area contributed by atoms with Gasteiger partial charge in [0.05, 0.1) is 12.6 Å². The van der Waals surface area contributed by atoms with Gasteiger partial charge in [-0.25, -0.2) is 9.67 Å². The van der Waals surface area contributed by atoms with Gasteiger partial charge in [0.2, 0.25) is 0 Å². The zero-order chi connectivity index (χ0) is 15.5. The molecule has 0 saturated carbocycles. The van der Waals surface area contributed by atoms with Crippen molar-refractivity contribution in [1.82, 2.24) is 19.7 Å². The van der Waals surface area contributed by atoms with Gasteiger partial charge in [0.15, 0.2) is 0 Å². The number of hydrogen-bond acceptors (Lipinski definition) is 4. The molecule has 1 aromatic carbocycles. The largest absolute Gasteiger partial charge is 0.387 e. The minimum atomic E-state index is -0.430. The summed E-state index contributed by atoms with van der Waals surface area (Å²) in [6.07, 6.45) is 1.90. The van der Waals surface area contributed by atoms with E-state index in [0.717, 1.165) is 36.7 Å². The van der Waals surface area contributed by atoms with Gasteiger partial charge in [0.25, 0.3) is 0 Å². The van der Waals surface area contributed by atoms with Crippen LogP contribution in [0.25, 0.3) is 0 Å². The highest BCUT2D eigenvalue weighted by Crippen LogP contribution is 2.23. The van der Waals surface area contributed by atoms with E-state index in [4.69, 9.17) is 0 Å². The summed E-state index contributed by atoms with van der Waals surface area (Å²) in [5.74, 6) is 1.79. The SMILES string of the molecule is Cc1nc(C)n(C[C@@H]2CCCN2C[C@H](O)c2ccccc2)n1. The summed E-state index contributed by atoms with van der Waals surface area (Å²) in [6.45, 7) is 6.50. The molecule has 2 aromatic rings. The minimum absolute atomic E-state index is 0.429. The molecule has 2 atom stereocenters. The topological polar surface area (TPSA) is 54.2 Å². The van der Waals surface area contributed by atoms with Gasteiger partial charge in [0, 0.05) is 12.6 Å². The molecule has 0 amide bonds. The number of benzene rings is 1. The number of hydrogen-bond donors (Lipinski definition) is 1. The van der Waals surface area contributed by atoms with Gasteiger partial charge in [-0.2, -0.15) is 5.10 Å². The monoisotopic (exact) mass is 300 g/mol. The Morgan fingerprint density at radius 3 is 2.73 bits per heavy atom. The van der Waals surface area contributed by atoms with E-state index >= 15 is 0 Å². The highest BCUT2D eigenvalue weighted by Gasteiger charge is 2.27. The highest BCUT2D eigenvalue weighted by atomic mass is 16.3. The molecule has 1 aromatic heterocycles. The predicted octanol–water partition coefficient (Wildman–Crippen LogP) is 2.09. The van der Waals surface area contributed by atoms with Gasteiger partial charge in [-0.3, -0.25) is 4.90 Å². The normalized spacial score (nSPS) is 20.4. The first-order valence-electron chi connectivity index (χ1n) is 7.98. The maximum Gasteiger partial charge on any atom is 0.147 e. The first-order chi connectivity index (χ1) is 10.6. The standard InChI is InChI=1S/C17H24N4O/c1-13-18-14(2)21(19-13)11-16-9-6-10-20(16)12-17(22)15-7-4-3-5-8-15/h3-5,7-8,16-17,22H,6,9-12H2,1-2H3/t16-,17-/m0/s1. The lowest BCUT2D eigenvalue weighted by atomic mass is 10.1. The molecule has 0 spiro atoms. The van der Waals surface area contributed by atoms with Gasteiger partial charge in [0.1, 0.15) is 11.6 Å². The summed E-state index contributed by atoms with van der Waals surface area (Å²) in [5, 5.41) is 14.9. The van der Waals surface area contributed by atoms with E-state index in [1.165, 1.54) is 6.42 Å². The molecule has 118 valence electrons. The van der Waals surface area contributed by atoms with E-state index < -0.39 is 6.10 Å². The van der Waals surface area contributed by atoms with Crippen LogP contribution >= 0.6 is 0 Å². The zero-order valence-electron chi connectivity index (χ0n) is 13.3. The Kier molecular flexibility index (Phi) is 4.55. The van der Waals surface area contributed by atoms with Crippen molar-refractivity contribution in [2.45, 2.75) is 45.4 Å². The molecular formula is C17H24N4O. The molecule has 1 fully saturated rings. The summed E-state index contributed by atoms with van der Waals surface area (Å²) in [5.41, 5.74) is 0.987. The molecule has 2 heterocycles. The molecular weight excluding hydrogens is 276 g/mol. The van der Waals surface area contributed by atoms with E-state index in [2.05, 4.69) is 15.0 Å². The fraction of sp³-hybridized carbons (Fsp3) is 0.529. The van der Waals surface area contributed by atoms with Gasteiger partial charge in [-0.15, -0.1) is 0 Å². The number of rotatable bonds is 5. The average molecular weight is 300 g/mol. The van der Waals surface area contributed by atoms with Crippen LogP contribution in [0.15, 0.2) is 30.3 Å². The maximum absolute atomic E-state index is 10.4. The highest BCUT2D eigenvalue weighted by molar-refractivity contribution is 5.17. The van der Waals surface area contributed by atoms with Crippen LogP contribution in [-0.2, 0) is 6.54 Å². The van der Waals surface area contributed by atoms with Crippen molar-refractivity contribution in [3.63, 3.8) is 0 Å². The second kappa shape index (κ2) is 6.58. The second-order valence-electron chi connectivity index (χ2n) is 6.11. The summed E-state index contributed by atoms with van der Waals surface area (Å²) < 4.78 is 1.99. The lowest BCUT2D eigenvalue weighted by Gasteiger charge is -2.27. The van der Waals surface area contributed by atoms with Crippen molar-refractivity contribution in [3.05, 3.63) is 47.5 Å². The molecule has 22 heavy (non-hydrogen) atoms. The third-order valence-electron chi connectivity index (χ3n) is 4.44. The number of nitrogens with zero attached hydrogens (tertiary/aromatic N) is 4. The molecule has 0 unspecified atom stereocenters. The van der Waals surface area contributed by atoms with Crippen LogP contribution < -0.4 is 0 Å². The van der Waals surface area contributed by atoms with Crippen molar-refractivity contribution in [2.75, 3.05) is 13.1 Å². The van der Waals surface area contributed by atoms with Crippen LogP contribution in [0.3, 0.4) is 0 Å². The molecule has 1 saturated heterocycles. The van der Waals surface area contributed by atoms with Crippen molar-refractivity contribution < 1.29 is 5.11 Å². The fourth-order valence-electron chi connectivity index (χ4n) is 3.28. The van der Waals surface area contributed by atoms with Gasteiger partial charge in [-0.05, 0) is 38.8 Å². The number of aromatic nitrogens is 3. The van der Waals surface area contributed by atoms with Gasteiger partial charge < -0.3 is 5.11 Å². The lowest BCUT2D eigenvalue weighted by molar-refractivity contribution is 0.100. The Balaban J connectivity index is 1.64. The first kappa shape index (κ1) is 15.2. The average Bonchev–Trinajstić information content (AvgIpc) is 3.07. The lowest BCUT2D eigenvalue weighted by Crippen LogP contribution is -2.36. The Morgan fingerprint density at radius 1 is 1.27 bits per heavy atom. The van der Waals surface area contributed by atoms with Crippen LogP contribution in [0.4, 0.5) is 0 Å². The molecule has 5 heteroatoms. The molecule has 1 N–H and O–H groups in total. The Morgan fingerprint density at radius 2 is 2.05 bits per heavy atom. The summed E-state index contributed by atoms with van der Waals surface area (Å²) in [7, 11) is 0. The zero-order valence-corrected chi connectivity index (χ0v) is 13.3. The van der Waals surface area contributed by atoms with Crippen molar-refractivity contribution in [2.24, 2.45) is 0 Å². The third-order valence-corrected chi connectivity index (χ3v) is 4.44. The summed E-state index contributed by atoms with van der Waals surface area (Å²) in [6, 6.07) is 10.3. The number of aliphatic hydroxyl groups is 1. The molecule has 0 aliphatic carbocycles. The third kappa shape index (κ3) is 3.36. The smallest absolute Gasteiger partial charge is 0.147 e. The molecule has 5 nitrogen and oxygen atoms in total. The Labute approximate surface area is 131 Å². The van der Waals surface area contributed by atoms with E-state index in [1.807, 2.05) is 48.9 Å². The number of likely N-dealkylation sites (tertiary alicyclic amines) is 1. The van der Waals surface area contributed by atoms with Crippen LogP contribution in [0.5, 0.6) is 0 Å². The second-order valence-corrected chi connectivity index (χ2v) is 6.11. The van der Waals surface area contributed by atoms with Gasteiger partial charge in [-0.1, -0.05) is 30.3 Å². The minimum Gasteiger partial charge on any atom is -0.387 e. The molecule has 0 bridgehead atoms.